The van der Waals surface area contributed by atoms with Gasteiger partial charge < -0.3 is 29.1 Å². The predicted molar refractivity (Wildman–Crippen MR) is 150 cm³/mol. The Balaban J connectivity index is 1.12. The van der Waals surface area contributed by atoms with Crippen LogP contribution in [-0.2, 0) is 22.3 Å². The highest BCUT2D eigenvalue weighted by molar-refractivity contribution is 5.89. The number of anilines is 1. The van der Waals surface area contributed by atoms with Crippen molar-refractivity contribution in [3.8, 4) is 11.5 Å². The summed E-state index contributed by atoms with van der Waals surface area (Å²) in [4.78, 5) is 31.3. The molecule has 2 aromatic carbocycles. The second-order valence-corrected chi connectivity index (χ2v) is 12.1. The van der Waals surface area contributed by atoms with Crippen molar-refractivity contribution in [1.82, 2.24) is 9.80 Å². The van der Waals surface area contributed by atoms with E-state index in [9.17, 15) is 32.3 Å². The number of hydrogen-bond acceptors (Lipinski definition) is 7. The van der Waals surface area contributed by atoms with E-state index in [1.165, 1.54) is 24.1 Å². The molecule has 1 amide bonds. The maximum absolute atomic E-state index is 14.0. The molecule has 9 nitrogen and oxygen atoms in total. The zero-order valence-electron chi connectivity index (χ0n) is 24.5. The first-order chi connectivity index (χ1) is 20.9. The van der Waals surface area contributed by atoms with Gasteiger partial charge in [-0.1, -0.05) is 0 Å². The fourth-order valence-corrected chi connectivity index (χ4v) is 6.89. The van der Waals surface area contributed by atoms with Crippen LogP contribution in [0.3, 0.4) is 0 Å². The van der Waals surface area contributed by atoms with Gasteiger partial charge in [0.05, 0.1) is 31.4 Å². The summed E-state index contributed by atoms with van der Waals surface area (Å²) < 4.78 is 72.0. The van der Waals surface area contributed by atoms with Crippen molar-refractivity contribution in [3.05, 3.63) is 52.8 Å². The molecule has 3 atom stereocenters. The molecule has 3 aliphatic heterocycles. The lowest BCUT2D eigenvalue weighted by atomic mass is 9.85. The third kappa shape index (κ3) is 5.55. The van der Waals surface area contributed by atoms with Crippen molar-refractivity contribution in [3.63, 3.8) is 0 Å². The predicted octanol–water partition coefficient (Wildman–Crippen LogP) is 4.77. The molecule has 238 valence electrons. The summed E-state index contributed by atoms with van der Waals surface area (Å²) in [5.41, 5.74) is -1.38. The van der Waals surface area contributed by atoms with Gasteiger partial charge in [-0.3, -0.25) is 9.69 Å². The van der Waals surface area contributed by atoms with Crippen LogP contribution in [0.4, 0.5) is 23.2 Å². The minimum Gasteiger partial charge on any atom is -0.493 e. The molecule has 2 saturated heterocycles. The van der Waals surface area contributed by atoms with Gasteiger partial charge in [0.15, 0.2) is 18.2 Å². The number of rotatable bonds is 6. The van der Waals surface area contributed by atoms with Gasteiger partial charge in [0, 0.05) is 43.0 Å². The lowest BCUT2D eigenvalue weighted by molar-refractivity contribution is -0.180. The number of piperazine rings is 1. The zero-order chi connectivity index (χ0) is 31.4. The van der Waals surface area contributed by atoms with E-state index in [0.29, 0.717) is 44.8 Å². The summed E-state index contributed by atoms with van der Waals surface area (Å²) in [5, 5.41) is 9.32. The number of fused-ring (bicyclic) bond motifs is 1. The number of nitrogens with zero attached hydrogens (tertiary/aromatic N) is 3. The molecule has 0 spiro atoms. The number of methoxy groups -OCH3 is 1. The average Bonchev–Trinajstić information content (AvgIpc) is 3.86. The number of ether oxygens (including phenoxy) is 3. The molecule has 1 saturated carbocycles. The third-order valence-corrected chi connectivity index (χ3v) is 9.36. The molecule has 1 aliphatic carbocycles. The molecule has 6 rings (SSSR count). The second kappa shape index (κ2) is 11.4. The molecule has 0 radical (unpaired) electrons. The number of carbonyl (C=O) groups is 2. The smallest absolute Gasteiger partial charge is 0.416 e. The summed E-state index contributed by atoms with van der Waals surface area (Å²) in [5.74, 6) is -2.11. The van der Waals surface area contributed by atoms with Crippen molar-refractivity contribution >= 4 is 17.6 Å². The average molecular weight is 622 g/mol. The molecule has 13 heteroatoms. The molecular formula is C31H35F4N3O6. The van der Waals surface area contributed by atoms with Gasteiger partial charge in [-0.25, -0.2) is 9.18 Å². The number of halogens is 4. The van der Waals surface area contributed by atoms with E-state index in [2.05, 4.69) is 9.80 Å². The molecule has 3 heterocycles. The highest BCUT2D eigenvalue weighted by Gasteiger charge is 2.56. The summed E-state index contributed by atoms with van der Waals surface area (Å²) in [6.07, 6.45) is -1.68. The Bertz CT molecular complexity index is 1440. The van der Waals surface area contributed by atoms with E-state index in [1.54, 1.807) is 6.07 Å². The molecule has 4 aliphatic rings. The lowest BCUT2D eigenvalue weighted by Crippen LogP contribution is -2.61. The van der Waals surface area contributed by atoms with E-state index in [0.717, 1.165) is 25.0 Å². The summed E-state index contributed by atoms with van der Waals surface area (Å²) in [6.45, 7) is 4.20. The quantitative estimate of drug-likeness (QED) is 0.462. The molecular weight excluding hydrogens is 586 g/mol. The summed E-state index contributed by atoms with van der Waals surface area (Å²) in [6, 6.07) is 6.14. The fraction of sp³-hybridized carbons (Fsp3) is 0.548. The van der Waals surface area contributed by atoms with E-state index in [4.69, 9.17) is 14.2 Å². The Hall–Kier alpha value is -3.58. The van der Waals surface area contributed by atoms with Crippen LogP contribution in [0, 0.1) is 11.7 Å². The topological polar surface area (TPSA) is 91.8 Å². The van der Waals surface area contributed by atoms with Crippen molar-refractivity contribution < 1.29 is 46.5 Å². The first-order valence-electron chi connectivity index (χ1n) is 14.8. The number of carboxylic acid groups (broad SMARTS) is 1. The van der Waals surface area contributed by atoms with Crippen LogP contribution in [0.25, 0.3) is 0 Å². The van der Waals surface area contributed by atoms with Gasteiger partial charge in [0.2, 0.25) is 0 Å². The van der Waals surface area contributed by atoms with Gasteiger partial charge in [-0.05, 0) is 68.9 Å². The van der Waals surface area contributed by atoms with Crippen LogP contribution >= 0.6 is 0 Å². The van der Waals surface area contributed by atoms with Crippen LogP contribution in [0.15, 0.2) is 30.3 Å². The molecule has 44 heavy (non-hydrogen) atoms. The molecule has 0 unspecified atom stereocenters. The first kappa shape index (κ1) is 30.4. The number of carboxylic acids is 1. The molecule has 2 aromatic rings. The monoisotopic (exact) mass is 621 g/mol. The van der Waals surface area contributed by atoms with E-state index >= 15 is 0 Å². The minimum absolute atomic E-state index is 0.0216. The van der Waals surface area contributed by atoms with Gasteiger partial charge in [-0.15, -0.1) is 0 Å². The Morgan fingerprint density at radius 3 is 2.50 bits per heavy atom. The largest absolute Gasteiger partial charge is 0.493 e. The first-order valence-corrected chi connectivity index (χ1v) is 14.8. The van der Waals surface area contributed by atoms with E-state index in [1.807, 2.05) is 6.92 Å². The lowest BCUT2D eigenvalue weighted by Gasteiger charge is -2.48. The van der Waals surface area contributed by atoms with E-state index in [-0.39, 0.29) is 59.8 Å². The Labute approximate surface area is 252 Å². The van der Waals surface area contributed by atoms with E-state index < -0.39 is 29.1 Å². The molecule has 1 N–H and O–H groups in total. The third-order valence-electron chi connectivity index (χ3n) is 9.36. The SMILES string of the molecule is COc1cc(C(F)(F)F)cc2c1OCN(C(=O)[C@@]1(C3CC3)CC[C@@H](N3CCN(c4ccc(F)c(C(=O)O)c4)[C@@H](C)C3)CO1)C2. The normalized spacial score (nSPS) is 26.1. The highest BCUT2D eigenvalue weighted by atomic mass is 19.4. The minimum atomic E-state index is -4.57. The number of amides is 1. The van der Waals surface area contributed by atoms with Crippen LogP contribution in [-0.4, -0.2) is 84.5 Å². The van der Waals surface area contributed by atoms with Crippen LogP contribution in [0.2, 0.25) is 0 Å². The Morgan fingerprint density at radius 1 is 1.11 bits per heavy atom. The van der Waals surface area contributed by atoms with Crippen LogP contribution in [0.5, 0.6) is 11.5 Å². The molecule has 3 fully saturated rings. The number of carbonyl (C=O) groups excluding carboxylic acids is 1. The number of hydrogen-bond donors (Lipinski definition) is 1. The van der Waals surface area contributed by atoms with Crippen molar-refractivity contribution in [2.24, 2.45) is 5.92 Å². The standard InChI is InChI=1S/C31H35F4N3O6/c1-18-14-36(9-10-38(18)22-5-6-25(32)24(13-22)28(39)40)23-7-8-30(44-16-23,20-3-4-20)29(41)37-15-19-11-21(31(33,34)35)12-26(42-2)27(19)43-17-37/h5-6,11-13,18,20,23H,3-4,7-10,14-17H2,1-2H3,(H,39,40)/t18-,23+,30-/m0/s1. The Morgan fingerprint density at radius 2 is 1.89 bits per heavy atom. The van der Waals surface area contributed by atoms with Gasteiger partial charge in [0.1, 0.15) is 11.4 Å². The highest BCUT2D eigenvalue weighted by Crippen LogP contribution is 2.49. The Kier molecular flexibility index (Phi) is 7.89. The summed E-state index contributed by atoms with van der Waals surface area (Å²) in [7, 11) is 1.28. The van der Waals surface area contributed by atoms with Crippen molar-refractivity contribution in [2.45, 2.75) is 63.0 Å². The number of alkyl halides is 3. The number of benzene rings is 2. The number of aromatic carboxylic acids is 1. The van der Waals surface area contributed by atoms with Gasteiger partial charge in [-0.2, -0.15) is 13.2 Å². The van der Waals surface area contributed by atoms with Crippen LogP contribution in [0.1, 0.15) is 54.1 Å². The van der Waals surface area contributed by atoms with Gasteiger partial charge >= 0.3 is 12.1 Å². The maximum atomic E-state index is 14.0. The summed E-state index contributed by atoms with van der Waals surface area (Å²) >= 11 is 0. The molecule has 0 bridgehead atoms. The second-order valence-electron chi connectivity index (χ2n) is 12.1. The zero-order valence-corrected chi connectivity index (χ0v) is 24.5. The van der Waals surface area contributed by atoms with Crippen molar-refractivity contribution in [2.75, 3.05) is 45.0 Å². The van der Waals surface area contributed by atoms with Gasteiger partial charge in [0.25, 0.3) is 5.91 Å². The maximum Gasteiger partial charge on any atom is 0.416 e. The fourth-order valence-electron chi connectivity index (χ4n) is 6.89. The molecule has 0 aromatic heterocycles. The van der Waals surface area contributed by atoms with Crippen LogP contribution < -0.4 is 14.4 Å². The van der Waals surface area contributed by atoms with Crippen molar-refractivity contribution in [1.29, 1.82) is 0 Å².